The van der Waals surface area contributed by atoms with Crippen LogP contribution in [0.5, 0.6) is 0 Å². The van der Waals surface area contributed by atoms with E-state index in [1.165, 1.54) is 18.2 Å². The van der Waals surface area contributed by atoms with Gasteiger partial charge in [-0.3, -0.25) is 0 Å². The molecule has 2 aromatic carbocycles. The highest BCUT2D eigenvalue weighted by Gasteiger charge is 2.23. The van der Waals surface area contributed by atoms with E-state index in [9.17, 15) is 12.8 Å². The van der Waals surface area contributed by atoms with Crippen LogP contribution in [-0.4, -0.2) is 8.42 Å². The summed E-state index contributed by atoms with van der Waals surface area (Å²) in [7, 11) is -3.72. The summed E-state index contributed by atoms with van der Waals surface area (Å²) in [6, 6.07) is 12.9. The predicted octanol–water partition coefficient (Wildman–Crippen LogP) is 4.20. The lowest BCUT2D eigenvalue weighted by atomic mass is 9.98. The van der Waals surface area contributed by atoms with Crippen molar-refractivity contribution in [1.82, 2.24) is 4.72 Å². The number of nitrogens with one attached hydrogen (secondary N) is 1. The molecule has 124 valence electrons. The second kappa shape index (κ2) is 7.23. The van der Waals surface area contributed by atoms with Gasteiger partial charge in [-0.1, -0.05) is 44.2 Å². The van der Waals surface area contributed by atoms with Crippen molar-refractivity contribution in [2.45, 2.75) is 38.1 Å². The first-order chi connectivity index (χ1) is 10.8. The van der Waals surface area contributed by atoms with Crippen LogP contribution in [0.25, 0.3) is 0 Å². The average Bonchev–Trinajstić information content (AvgIpc) is 2.46. The Bertz CT molecular complexity index is 758. The quantitative estimate of drug-likeness (QED) is 0.860. The number of hydrogen-bond acceptors (Lipinski definition) is 2. The smallest absolute Gasteiger partial charge is 0.207 e. The van der Waals surface area contributed by atoms with Gasteiger partial charge in [-0.2, -0.15) is 0 Å². The molecule has 0 aliphatic heterocycles. The first-order valence-electron chi connectivity index (χ1n) is 7.63. The van der Waals surface area contributed by atoms with Crippen molar-refractivity contribution >= 4 is 10.0 Å². The van der Waals surface area contributed by atoms with E-state index in [2.05, 4.69) is 4.72 Å². The summed E-state index contributed by atoms with van der Waals surface area (Å²) in [4.78, 5) is 0.114. The number of benzene rings is 2. The topological polar surface area (TPSA) is 46.2 Å². The Morgan fingerprint density at radius 1 is 1.09 bits per heavy atom. The first-order valence-corrected chi connectivity index (χ1v) is 9.11. The zero-order chi connectivity index (χ0) is 17.0. The van der Waals surface area contributed by atoms with Crippen molar-refractivity contribution in [3.8, 4) is 0 Å². The van der Waals surface area contributed by atoms with Crippen LogP contribution in [0.1, 0.15) is 37.4 Å². The summed E-state index contributed by atoms with van der Waals surface area (Å²) in [5.74, 6) is -0.111. The predicted molar refractivity (Wildman–Crippen MR) is 90.1 cm³/mol. The minimum absolute atomic E-state index is 0.114. The molecule has 1 N–H and O–H groups in total. The number of aryl methyl sites for hydroxylation is 1. The van der Waals surface area contributed by atoms with Crippen LogP contribution < -0.4 is 4.72 Å². The zero-order valence-corrected chi connectivity index (χ0v) is 14.4. The maximum Gasteiger partial charge on any atom is 0.241 e. The van der Waals surface area contributed by atoms with Gasteiger partial charge in [0.1, 0.15) is 5.82 Å². The van der Waals surface area contributed by atoms with E-state index in [1.54, 1.807) is 6.92 Å². The van der Waals surface area contributed by atoms with Gasteiger partial charge in [-0.05, 0) is 48.6 Å². The van der Waals surface area contributed by atoms with Gasteiger partial charge < -0.3 is 0 Å². The van der Waals surface area contributed by atoms with E-state index < -0.39 is 15.8 Å². The van der Waals surface area contributed by atoms with Crippen molar-refractivity contribution in [3.05, 3.63) is 65.5 Å². The molecule has 2 rings (SSSR count). The van der Waals surface area contributed by atoms with Crippen LogP contribution in [0, 0.1) is 18.7 Å². The fraction of sp³-hybridized carbons (Fsp3) is 0.333. The second-order valence-electron chi connectivity index (χ2n) is 6.12. The molecule has 0 saturated carbocycles. The SMILES string of the molecule is Cc1cc(F)ccc1S(=O)(=O)N[C@@H](CC(C)C)c1ccccc1. The van der Waals surface area contributed by atoms with Gasteiger partial charge in [0, 0.05) is 6.04 Å². The summed E-state index contributed by atoms with van der Waals surface area (Å²) >= 11 is 0. The third-order valence-corrected chi connectivity index (χ3v) is 5.26. The number of rotatable bonds is 6. The molecule has 0 unspecified atom stereocenters. The van der Waals surface area contributed by atoms with E-state index in [0.717, 1.165) is 5.56 Å². The molecule has 0 heterocycles. The molecule has 5 heteroatoms. The van der Waals surface area contributed by atoms with Crippen LogP contribution in [0.15, 0.2) is 53.4 Å². The molecule has 3 nitrogen and oxygen atoms in total. The van der Waals surface area contributed by atoms with Crippen LogP contribution >= 0.6 is 0 Å². The largest absolute Gasteiger partial charge is 0.241 e. The number of hydrogen-bond donors (Lipinski definition) is 1. The van der Waals surface area contributed by atoms with E-state index in [0.29, 0.717) is 17.9 Å². The molecule has 0 spiro atoms. The monoisotopic (exact) mass is 335 g/mol. The Morgan fingerprint density at radius 2 is 1.74 bits per heavy atom. The zero-order valence-electron chi connectivity index (χ0n) is 13.6. The molecule has 0 aliphatic carbocycles. The van der Waals surface area contributed by atoms with Gasteiger partial charge in [0.25, 0.3) is 0 Å². The van der Waals surface area contributed by atoms with Gasteiger partial charge in [-0.25, -0.2) is 17.5 Å². The molecule has 23 heavy (non-hydrogen) atoms. The molecule has 1 atom stereocenters. The van der Waals surface area contributed by atoms with E-state index in [1.807, 2.05) is 44.2 Å². The fourth-order valence-corrected chi connectivity index (χ4v) is 4.04. The molecular formula is C18H22FNO2S. The van der Waals surface area contributed by atoms with Gasteiger partial charge in [0.05, 0.1) is 4.90 Å². The molecule has 0 saturated heterocycles. The molecule has 0 bridgehead atoms. The average molecular weight is 335 g/mol. The van der Waals surface area contributed by atoms with E-state index >= 15 is 0 Å². The highest BCUT2D eigenvalue weighted by atomic mass is 32.2. The Balaban J connectivity index is 2.34. The highest BCUT2D eigenvalue weighted by molar-refractivity contribution is 7.89. The molecule has 0 aromatic heterocycles. The minimum atomic E-state index is -3.72. The standard InChI is InChI=1S/C18H22FNO2S/c1-13(2)11-17(15-7-5-4-6-8-15)20-23(21,22)18-10-9-16(19)12-14(18)3/h4-10,12-13,17,20H,11H2,1-3H3/t17-/m0/s1. The first kappa shape index (κ1) is 17.6. The van der Waals surface area contributed by atoms with Gasteiger partial charge in [-0.15, -0.1) is 0 Å². The third-order valence-electron chi connectivity index (χ3n) is 3.63. The van der Waals surface area contributed by atoms with Crippen LogP contribution in [-0.2, 0) is 10.0 Å². The molecule has 0 amide bonds. The molecule has 0 aliphatic rings. The lowest BCUT2D eigenvalue weighted by molar-refractivity contribution is 0.472. The summed E-state index contributed by atoms with van der Waals surface area (Å²) in [6.45, 7) is 5.69. The Hall–Kier alpha value is -1.72. The molecular weight excluding hydrogens is 313 g/mol. The van der Waals surface area contributed by atoms with E-state index in [-0.39, 0.29) is 10.9 Å². The van der Waals surface area contributed by atoms with Crippen LogP contribution in [0.2, 0.25) is 0 Å². The normalized spacial score (nSPS) is 13.3. The van der Waals surface area contributed by atoms with Crippen LogP contribution in [0.4, 0.5) is 4.39 Å². The van der Waals surface area contributed by atoms with Gasteiger partial charge in [0.2, 0.25) is 10.0 Å². The summed E-state index contributed by atoms with van der Waals surface area (Å²) in [6.07, 6.45) is 0.684. The van der Waals surface area contributed by atoms with Crippen LogP contribution in [0.3, 0.4) is 0 Å². The fourth-order valence-electron chi connectivity index (χ4n) is 2.57. The maximum absolute atomic E-state index is 13.2. The Morgan fingerprint density at radius 3 is 2.30 bits per heavy atom. The van der Waals surface area contributed by atoms with Crippen molar-refractivity contribution < 1.29 is 12.8 Å². The number of halogens is 1. The lowest BCUT2D eigenvalue weighted by Gasteiger charge is -2.21. The van der Waals surface area contributed by atoms with E-state index in [4.69, 9.17) is 0 Å². The highest BCUT2D eigenvalue weighted by Crippen LogP contribution is 2.25. The summed E-state index contributed by atoms with van der Waals surface area (Å²) in [5.41, 5.74) is 1.32. The van der Waals surface area contributed by atoms with Crippen molar-refractivity contribution in [3.63, 3.8) is 0 Å². The van der Waals surface area contributed by atoms with Gasteiger partial charge in [0.15, 0.2) is 0 Å². The lowest BCUT2D eigenvalue weighted by Crippen LogP contribution is -2.30. The number of sulfonamides is 1. The summed E-state index contributed by atoms with van der Waals surface area (Å²) in [5, 5.41) is 0. The minimum Gasteiger partial charge on any atom is -0.207 e. The Labute approximate surface area is 137 Å². The van der Waals surface area contributed by atoms with Gasteiger partial charge >= 0.3 is 0 Å². The summed E-state index contributed by atoms with van der Waals surface area (Å²) < 4.78 is 41.4. The van der Waals surface area contributed by atoms with Crippen molar-refractivity contribution in [2.75, 3.05) is 0 Å². The Kier molecular flexibility index (Phi) is 5.55. The molecule has 0 radical (unpaired) electrons. The molecule has 2 aromatic rings. The second-order valence-corrected chi connectivity index (χ2v) is 7.81. The third kappa shape index (κ3) is 4.62. The van der Waals surface area contributed by atoms with Crippen molar-refractivity contribution in [1.29, 1.82) is 0 Å². The van der Waals surface area contributed by atoms with Crippen molar-refractivity contribution in [2.24, 2.45) is 5.92 Å². The maximum atomic E-state index is 13.2. The molecule has 0 fully saturated rings.